The molecule has 0 radical (unpaired) electrons. The number of alkyl halides is 3. The Kier molecular flexibility index (Phi) is 18.2. The maximum Gasteiger partial charge on any atom is 0.416 e. The van der Waals surface area contributed by atoms with Gasteiger partial charge in [0.25, 0.3) is 0 Å². The molecule has 22 heteroatoms. The number of aromatic nitrogens is 3. The predicted molar refractivity (Wildman–Crippen MR) is 254 cm³/mol. The van der Waals surface area contributed by atoms with E-state index in [2.05, 4.69) is 60.7 Å². The molecule has 71 heavy (non-hydrogen) atoms. The van der Waals surface area contributed by atoms with E-state index in [0.29, 0.717) is 50.1 Å². The number of nitrogens with one attached hydrogen (secondary N) is 6. The summed E-state index contributed by atoms with van der Waals surface area (Å²) in [5.74, 6) is -1.50. The molecule has 2 aliphatic carbocycles. The van der Waals surface area contributed by atoms with Crippen molar-refractivity contribution in [2.45, 2.75) is 114 Å². The molecule has 0 bridgehead atoms. The zero-order valence-corrected chi connectivity index (χ0v) is 40.5. The number of hydrogen-bond donors (Lipinski definition) is 6. The number of hydrogen-bond acceptors (Lipinski definition) is 13. The highest BCUT2D eigenvalue weighted by molar-refractivity contribution is 5.94. The number of carbonyl (C=O) groups is 6. The molecule has 0 unspecified atom stereocenters. The summed E-state index contributed by atoms with van der Waals surface area (Å²) in [5, 5.41) is 18.6. The standard InChI is InChI=1S/C49H66F3N11O8/c1-29(2)26-56-33-7-9-40(63-16-11-38(48(63)69)60-45-35-23-32(49(50,51)52)6-8-37(35)57-28-58-45)39(24-33)61-46(67)31-21-34(22-31)59-42(65)12-17-70-19-20-71-18-15-54-41(64)10-14-55-47(68)36-25-43(66)62(3)44(36)30-5-4-13-53-27-30/h4-6,8,13,23,27-29,31,33-34,36,38-40,44,56H,7,9-12,14-22,24-26H2,1-3H3,(H,54,64)(H,55,68)(H,59,65)(H,61,67)(H,57,58,60)/t31?,33-,34?,36+,38+,39-,40+,44-/m1/s1. The van der Waals surface area contributed by atoms with Gasteiger partial charge in [-0.15, -0.1) is 0 Å². The maximum absolute atomic E-state index is 14.0. The highest BCUT2D eigenvalue weighted by Crippen LogP contribution is 2.37. The fourth-order valence-electron chi connectivity index (χ4n) is 9.88. The molecule has 19 nitrogen and oxygen atoms in total. The van der Waals surface area contributed by atoms with Gasteiger partial charge in [-0.2, -0.15) is 13.2 Å². The van der Waals surface area contributed by atoms with Crippen LogP contribution in [-0.2, 0) is 44.4 Å². The zero-order chi connectivity index (χ0) is 50.7. The van der Waals surface area contributed by atoms with Gasteiger partial charge in [0.15, 0.2) is 0 Å². The van der Waals surface area contributed by atoms with E-state index in [1.165, 1.54) is 12.4 Å². The molecule has 4 fully saturated rings. The third-order valence-corrected chi connectivity index (χ3v) is 13.8. The molecule has 6 amide bonds. The van der Waals surface area contributed by atoms with E-state index < -0.39 is 29.7 Å². The number of ether oxygens (including phenoxy) is 2. The van der Waals surface area contributed by atoms with Crippen LogP contribution in [-0.4, -0.2) is 150 Å². The van der Waals surface area contributed by atoms with E-state index in [4.69, 9.17) is 9.47 Å². The van der Waals surface area contributed by atoms with E-state index in [0.717, 1.165) is 30.7 Å². The highest BCUT2D eigenvalue weighted by Gasteiger charge is 2.45. The summed E-state index contributed by atoms with van der Waals surface area (Å²) in [6.07, 6.45) is 3.71. The van der Waals surface area contributed by atoms with Gasteiger partial charge in [0.1, 0.15) is 18.2 Å². The Labute approximate surface area is 410 Å². The minimum atomic E-state index is -4.56. The molecule has 0 spiro atoms. The summed E-state index contributed by atoms with van der Waals surface area (Å²) in [7, 11) is 1.67. The smallest absolute Gasteiger partial charge is 0.379 e. The van der Waals surface area contributed by atoms with Crippen molar-refractivity contribution in [1.82, 2.24) is 51.3 Å². The van der Waals surface area contributed by atoms with E-state index in [1.54, 1.807) is 35.3 Å². The predicted octanol–water partition coefficient (Wildman–Crippen LogP) is 2.87. The van der Waals surface area contributed by atoms with Crippen molar-refractivity contribution in [3.05, 3.63) is 60.2 Å². The van der Waals surface area contributed by atoms with Gasteiger partial charge in [-0.3, -0.25) is 33.8 Å². The Bertz CT molecular complexity index is 2340. The van der Waals surface area contributed by atoms with Crippen molar-refractivity contribution >= 4 is 52.2 Å². The average Bonchev–Trinajstić information content (AvgIpc) is 3.84. The van der Waals surface area contributed by atoms with Crippen LogP contribution in [0.2, 0.25) is 0 Å². The molecule has 4 heterocycles. The van der Waals surface area contributed by atoms with Gasteiger partial charge in [-0.1, -0.05) is 19.9 Å². The molecule has 6 N–H and O–H groups in total. The minimum absolute atomic E-state index is 0.0663. The van der Waals surface area contributed by atoms with E-state index >= 15 is 0 Å². The van der Waals surface area contributed by atoms with Crippen LogP contribution in [0.15, 0.2) is 49.1 Å². The van der Waals surface area contributed by atoms with Crippen LogP contribution < -0.4 is 31.9 Å². The first-order valence-corrected chi connectivity index (χ1v) is 24.6. The van der Waals surface area contributed by atoms with Gasteiger partial charge < -0.3 is 51.2 Å². The number of fused-ring (bicyclic) bond motifs is 1. The number of amides is 6. The zero-order valence-electron chi connectivity index (χ0n) is 40.5. The Morgan fingerprint density at radius 2 is 1.65 bits per heavy atom. The molecule has 2 saturated heterocycles. The first-order valence-electron chi connectivity index (χ1n) is 24.6. The third kappa shape index (κ3) is 14.1. The normalized spacial score (nSPS) is 24.5. The molecule has 386 valence electrons. The number of carbonyl (C=O) groups excluding carboxylic acids is 6. The van der Waals surface area contributed by atoms with Crippen molar-refractivity contribution in [2.24, 2.45) is 17.8 Å². The lowest BCUT2D eigenvalue weighted by Gasteiger charge is -2.43. The second-order valence-corrected chi connectivity index (χ2v) is 19.3. The van der Waals surface area contributed by atoms with Gasteiger partial charge >= 0.3 is 6.18 Å². The Morgan fingerprint density at radius 1 is 0.859 bits per heavy atom. The fourth-order valence-corrected chi connectivity index (χ4v) is 9.88. The summed E-state index contributed by atoms with van der Waals surface area (Å²) >= 11 is 0. The maximum atomic E-state index is 14.0. The summed E-state index contributed by atoms with van der Waals surface area (Å²) in [6, 6.07) is 5.08. The topological polar surface area (TPSA) is 238 Å². The first-order chi connectivity index (χ1) is 34.0. The number of anilines is 1. The minimum Gasteiger partial charge on any atom is -0.379 e. The molecule has 7 rings (SSSR count). The molecule has 4 aliphatic rings. The van der Waals surface area contributed by atoms with Gasteiger partial charge in [0, 0.05) is 81.7 Å². The third-order valence-electron chi connectivity index (χ3n) is 13.8. The van der Waals surface area contributed by atoms with E-state index in [-0.39, 0.29) is 136 Å². The highest BCUT2D eigenvalue weighted by atomic mass is 19.4. The fraction of sp³-hybridized carbons (Fsp3) is 0.612. The number of halogens is 3. The van der Waals surface area contributed by atoms with E-state index in [9.17, 15) is 41.9 Å². The second-order valence-electron chi connectivity index (χ2n) is 19.3. The molecule has 1 aromatic carbocycles. The van der Waals surface area contributed by atoms with Gasteiger partial charge in [0.2, 0.25) is 35.4 Å². The molecule has 2 saturated carbocycles. The number of nitrogens with zero attached hydrogens (tertiary/aromatic N) is 5. The summed E-state index contributed by atoms with van der Waals surface area (Å²) in [4.78, 5) is 93.7. The summed E-state index contributed by atoms with van der Waals surface area (Å²) < 4.78 is 51.8. The summed E-state index contributed by atoms with van der Waals surface area (Å²) in [6.45, 7) is 6.79. The molecule has 3 aromatic rings. The van der Waals surface area contributed by atoms with Gasteiger partial charge in [0.05, 0.1) is 61.6 Å². The number of likely N-dealkylation sites (tertiary alicyclic amines) is 2. The molecule has 2 aliphatic heterocycles. The second kappa shape index (κ2) is 24.4. The van der Waals surface area contributed by atoms with Crippen molar-refractivity contribution in [2.75, 3.05) is 65.0 Å². The van der Waals surface area contributed by atoms with Crippen LogP contribution in [0.3, 0.4) is 0 Å². The number of benzene rings is 1. The monoisotopic (exact) mass is 994 g/mol. The lowest BCUT2D eigenvalue weighted by atomic mass is 9.78. The van der Waals surface area contributed by atoms with Crippen LogP contribution in [0.25, 0.3) is 10.9 Å². The number of rotatable bonds is 23. The van der Waals surface area contributed by atoms with E-state index in [1.807, 2.05) is 6.07 Å². The molecular formula is C49H66F3N11O8. The largest absolute Gasteiger partial charge is 0.416 e. The van der Waals surface area contributed by atoms with Crippen LogP contribution in [0.4, 0.5) is 19.0 Å². The molecular weight excluding hydrogens is 928 g/mol. The molecule has 2 aromatic heterocycles. The quantitative estimate of drug-likeness (QED) is 0.0751. The van der Waals surface area contributed by atoms with Crippen LogP contribution >= 0.6 is 0 Å². The molecule has 6 atom stereocenters. The average molecular weight is 994 g/mol. The Hall–Kier alpha value is -6.00. The van der Waals surface area contributed by atoms with Crippen molar-refractivity contribution in [3.8, 4) is 0 Å². The Morgan fingerprint density at radius 3 is 2.39 bits per heavy atom. The van der Waals surface area contributed by atoms with Crippen LogP contribution in [0.1, 0.15) is 88.8 Å². The lowest BCUT2D eigenvalue weighted by Crippen LogP contribution is -2.60. The Balaban J connectivity index is 0.762. The summed E-state index contributed by atoms with van der Waals surface area (Å²) in [5.41, 5.74) is 0.259. The SMILES string of the molecule is CC(C)CN[C@@H]1CC[C@H](N2CC[C@H](Nc3ncnc4ccc(C(F)(F)F)cc34)C2=O)[C@H](NC(=O)C2CC(NC(=O)CCOCCOCCNC(=O)CCNC(=O)[C@H]3CC(=O)N(C)[C@@H]3c3cccnc3)C2)C1. The van der Waals surface area contributed by atoms with Crippen molar-refractivity contribution in [1.29, 1.82) is 0 Å². The van der Waals surface area contributed by atoms with Gasteiger partial charge in [-0.05, 0) is 80.8 Å². The van der Waals surface area contributed by atoms with Crippen molar-refractivity contribution in [3.63, 3.8) is 0 Å². The van der Waals surface area contributed by atoms with Crippen molar-refractivity contribution < 1.29 is 51.4 Å². The number of pyridine rings is 1. The first kappa shape index (κ1) is 52.8. The lowest BCUT2D eigenvalue weighted by molar-refractivity contribution is -0.137. The van der Waals surface area contributed by atoms with Gasteiger partial charge in [-0.25, -0.2) is 9.97 Å². The van der Waals surface area contributed by atoms with Crippen LogP contribution in [0.5, 0.6) is 0 Å². The van der Waals surface area contributed by atoms with Crippen LogP contribution in [0, 0.1) is 17.8 Å².